The van der Waals surface area contributed by atoms with E-state index in [2.05, 4.69) is 51.0 Å². The molecule has 4 rings (SSSR count). The number of ether oxygens (including phenoxy) is 1. The number of rotatable bonds is 8. The second kappa shape index (κ2) is 10.8. The highest BCUT2D eigenvalue weighted by Gasteiger charge is 2.30. The number of benzene rings is 1. The number of pyridine rings is 2. The van der Waals surface area contributed by atoms with Crippen LogP contribution in [0.4, 0.5) is 5.69 Å². The van der Waals surface area contributed by atoms with Crippen LogP contribution in [0.5, 0.6) is 5.88 Å². The van der Waals surface area contributed by atoms with Gasteiger partial charge in [0.05, 0.1) is 23.8 Å². The number of nitrogens with one attached hydrogen (secondary N) is 3. The van der Waals surface area contributed by atoms with E-state index in [0.29, 0.717) is 42.5 Å². The fourth-order valence-corrected chi connectivity index (χ4v) is 3.95. The predicted molar refractivity (Wildman–Crippen MR) is 130 cm³/mol. The molecule has 0 aliphatic carbocycles. The molecule has 2 aromatic heterocycles. The Morgan fingerprint density at radius 3 is 2.74 bits per heavy atom. The number of carbonyl (C=O) groups excluding carboxylic acids is 1. The Bertz CT molecular complexity index is 1160. The molecule has 0 saturated heterocycles. The zero-order chi connectivity index (χ0) is 23.9. The van der Waals surface area contributed by atoms with Crippen molar-refractivity contribution in [2.75, 3.05) is 25.0 Å². The van der Waals surface area contributed by atoms with Crippen molar-refractivity contribution < 1.29 is 9.53 Å². The first-order valence-corrected chi connectivity index (χ1v) is 11.4. The van der Waals surface area contributed by atoms with Gasteiger partial charge in [-0.1, -0.05) is 43.3 Å². The van der Waals surface area contributed by atoms with Crippen LogP contribution in [0.15, 0.2) is 60.9 Å². The van der Waals surface area contributed by atoms with Crippen LogP contribution in [0.2, 0.25) is 0 Å². The van der Waals surface area contributed by atoms with Gasteiger partial charge in [-0.05, 0) is 36.1 Å². The van der Waals surface area contributed by atoms with Crippen molar-refractivity contribution in [2.45, 2.75) is 31.9 Å². The molecule has 0 unspecified atom stereocenters. The van der Waals surface area contributed by atoms with E-state index in [-0.39, 0.29) is 24.0 Å². The van der Waals surface area contributed by atoms with Crippen LogP contribution >= 0.6 is 0 Å². The van der Waals surface area contributed by atoms with Gasteiger partial charge >= 0.3 is 0 Å². The minimum absolute atomic E-state index is 0.0829. The largest absolute Gasteiger partial charge is 0.469 e. The third kappa shape index (κ3) is 5.33. The maximum atomic E-state index is 12.1. The summed E-state index contributed by atoms with van der Waals surface area (Å²) in [6.45, 7) is 5.82. The van der Waals surface area contributed by atoms with Crippen LogP contribution in [0.1, 0.15) is 53.0 Å². The van der Waals surface area contributed by atoms with Gasteiger partial charge in [0.25, 0.3) is 5.91 Å². The number of carbonyl (C=O) groups is 1. The Labute approximate surface area is 199 Å². The number of hydrogen-bond acceptors (Lipinski definition) is 7. The third-order valence-electron chi connectivity index (χ3n) is 5.85. The summed E-state index contributed by atoms with van der Waals surface area (Å²) in [7, 11) is 0. The standard InChI is InChI=1S/C26H28N6O2/c1-3-28-25(33)20-11-22-26(32-15-20)34-23(16-30-22)24(18-7-5-4-6-8-18)31-13-17(2)19-9-10-21(12-27)29-14-19/h4-11,14-15,17,23-24,30-31H,3,13,16H2,1-2H3,(H,28,33)/t17-,23-,24+/m0/s1. The maximum Gasteiger partial charge on any atom is 0.252 e. The first-order valence-electron chi connectivity index (χ1n) is 11.4. The lowest BCUT2D eigenvalue weighted by molar-refractivity contribution is 0.0955. The highest BCUT2D eigenvalue weighted by molar-refractivity contribution is 5.95. The van der Waals surface area contributed by atoms with Crippen molar-refractivity contribution >= 4 is 11.6 Å². The fourth-order valence-electron chi connectivity index (χ4n) is 3.95. The molecule has 1 amide bonds. The molecule has 0 fully saturated rings. The summed E-state index contributed by atoms with van der Waals surface area (Å²) in [5, 5.41) is 18.8. The number of anilines is 1. The van der Waals surface area contributed by atoms with Crippen LogP contribution in [-0.4, -0.2) is 41.6 Å². The van der Waals surface area contributed by atoms with Crippen LogP contribution < -0.4 is 20.7 Å². The van der Waals surface area contributed by atoms with Crippen molar-refractivity contribution in [1.82, 2.24) is 20.6 Å². The molecule has 0 radical (unpaired) electrons. The van der Waals surface area contributed by atoms with Crippen LogP contribution in [-0.2, 0) is 0 Å². The average molecular weight is 457 g/mol. The molecular weight excluding hydrogens is 428 g/mol. The van der Waals surface area contributed by atoms with E-state index in [1.165, 1.54) is 0 Å². The lowest BCUT2D eigenvalue weighted by atomic mass is 9.97. The summed E-state index contributed by atoms with van der Waals surface area (Å²) in [6, 6.07) is 17.6. The van der Waals surface area contributed by atoms with E-state index < -0.39 is 0 Å². The van der Waals surface area contributed by atoms with Gasteiger partial charge in [0.1, 0.15) is 17.9 Å². The van der Waals surface area contributed by atoms with Gasteiger partial charge < -0.3 is 20.7 Å². The van der Waals surface area contributed by atoms with Crippen molar-refractivity contribution in [1.29, 1.82) is 5.26 Å². The maximum absolute atomic E-state index is 12.1. The number of nitriles is 1. The van der Waals surface area contributed by atoms with E-state index in [0.717, 1.165) is 11.1 Å². The number of aromatic nitrogens is 2. The quantitative estimate of drug-likeness (QED) is 0.476. The number of hydrogen-bond donors (Lipinski definition) is 3. The van der Waals surface area contributed by atoms with E-state index in [4.69, 9.17) is 10.00 Å². The molecule has 0 bridgehead atoms. The summed E-state index contributed by atoms with van der Waals surface area (Å²) >= 11 is 0. The van der Waals surface area contributed by atoms with Gasteiger partial charge in [-0.2, -0.15) is 5.26 Å². The Morgan fingerprint density at radius 1 is 1.21 bits per heavy atom. The summed E-state index contributed by atoms with van der Waals surface area (Å²) in [6.07, 6.45) is 3.09. The number of nitrogens with zero attached hydrogens (tertiary/aromatic N) is 3. The van der Waals surface area contributed by atoms with Crippen molar-refractivity contribution in [3.05, 3.63) is 83.3 Å². The number of amides is 1. The van der Waals surface area contributed by atoms with Gasteiger partial charge in [-0.15, -0.1) is 0 Å². The van der Waals surface area contributed by atoms with Gasteiger partial charge in [-0.25, -0.2) is 9.97 Å². The SMILES string of the molecule is CCNC(=O)c1cnc2c(c1)NC[C@@H]([C@H](NC[C@H](C)c1ccc(C#N)nc1)c1ccccc1)O2. The Morgan fingerprint density at radius 2 is 2.03 bits per heavy atom. The summed E-state index contributed by atoms with van der Waals surface area (Å²) in [4.78, 5) is 20.7. The Hall–Kier alpha value is -3.96. The summed E-state index contributed by atoms with van der Waals surface area (Å²) in [5.74, 6) is 0.515. The smallest absolute Gasteiger partial charge is 0.252 e. The molecule has 3 N–H and O–H groups in total. The van der Waals surface area contributed by atoms with Crippen LogP contribution in [0, 0.1) is 11.3 Å². The molecule has 0 spiro atoms. The molecule has 1 aliphatic heterocycles. The number of fused-ring (bicyclic) bond motifs is 1. The normalized spacial score (nSPS) is 16.2. The zero-order valence-corrected chi connectivity index (χ0v) is 19.3. The minimum Gasteiger partial charge on any atom is -0.469 e. The molecule has 1 aliphatic rings. The molecule has 3 heterocycles. The van der Waals surface area contributed by atoms with Crippen LogP contribution in [0.25, 0.3) is 0 Å². The average Bonchev–Trinajstić information content (AvgIpc) is 2.89. The Balaban J connectivity index is 1.49. The highest BCUT2D eigenvalue weighted by Crippen LogP contribution is 2.32. The molecule has 8 nitrogen and oxygen atoms in total. The molecule has 1 aromatic carbocycles. The van der Waals surface area contributed by atoms with Gasteiger partial charge in [0, 0.05) is 25.5 Å². The van der Waals surface area contributed by atoms with Crippen LogP contribution in [0.3, 0.4) is 0 Å². The van der Waals surface area contributed by atoms with Gasteiger partial charge in [-0.3, -0.25) is 4.79 Å². The molecular formula is C26H28N6O2. The predicted octanol–water partition coefficient (Wildman–Crippen LogP) is 3.41. The molecule has 174 valence electrons. The fraction of sp³-hybridized carbons (Fsp3) is 0.308. The molecule has 34 heavy (non-hydrogen) atoms. The summed E-state index contributed by atoms with van der Waals surface area (Å²) < 4.78 is 6.30. The zero-order valence-electron chi connectivity index (χ0n) is 19.3. The van der Waals surface area contributed by atoms with E-state index >= 15 is 0 Å². The molecule has 0 saturated carbocycles. The summed E-state index contributed by atoms with van der Waals surface area (Å²) in [5.41, 5.74) is 3.79. The molecule has 3 aromatic rings. The topological polar surface area (TPSA) is 112 Å². The monoisotopic (exact) mass is 456 g/mol. The van der Waals surface area contributed by atoms with Crippen molar-refractivity contribution in [2.24, 2.45) is 0 Å². The first kappa shape index (κ1) is 23.2. The minimum atomic E-state index is -0.205. The van der Waals surface area contributed by atoms with Crippen molar-refractivity contribution in [3.8, 4) is 11.9 Å². The van der Waals surface area contributed by atoms with E-state index in [1.807, 2.05) is 31.2 Å². The lowest BCUT2D eigenvalue weighted by Crippen LogP contribution is -2.43. The molecule has 3 atom stereocenters. The highest BCUT2D eigenvalue weighted by atomic mass is 16.5. The van der Waals surface area contributed by atoms with E-state index in [9.17, 15) is 4.79 Å². The van der Waals surface area contributed by atoms with Gasteiger partial charge in [0.15, 0.2) is 0 Å². The third-order valence-corrected chi connectivity index (χ3v) is 5.85. The molecule has 8 heteroatoms. The lowest BCUT2D eigenvalue weighted by Gasteiger charge is -2.34. The Kier molecular flexibility index (Phi) is 7.35. The van der Waals surface area contributed by atoms with Crippen molar-refractivity contribution in [3.63, 3.8) is 0 Å². The first-order chi connectivity index (χ1) is 16.6. The van der Waals surface area contributed by atoms with Gasteiger partial charge in [0.2, 0.25) is 5.88 Å². The van der Waals surface area contributed by atoms with E-state index in [1.54, 1.807) is 24.5 Å². The second-order valence-corrected chi connectivity index (χ2v) is 8.26. The second-order valence-electron chi connectivity index (χ2n) is 8.26.